The second-order valence-corrected chi connectivity index (χ2v) is 16.0. The number of alkyl halides is 3. The van der Waals surface area contributed by atoms with Crippen LogP contribution in [0, 0.1) is 0 Å². The Hall–Kier alpha value is -3.43. The Morgan fingerprint density at radius 1 is 0.714 bits per heavy atom. The zero-order chi connectivity index (χ0) is 40.4. The Labute approximate surface area is 341 Å². The molecule has 0 bridgehead atoms. The number of halogens is 5. The first-order valence-corrected chi connectivity index (χ1v) is 21.8. The summed E-state index contributed by atoms with van der Waals surface area (Å²) in [5.74, 6) is 0.924. The molecule has 2 aromatic carbocycles. The largest absolute Gasteiger partial charge is 0.506 e. The van der Waals surface area contributed by atoms with Crippen molar-refractivity contribution in [1.29, 1.82) is 0 Å². The van der Waals surface area contributed by atoms with Crippen molar-refractivity contribution in [3.05, 3.63) is 80.6 Å². The summed E-state index contributed by atoms with van der Waals surface area (Å²) >= 11 is 13.0. The molecular weight excluding hydrogens is 756 g/mol. The molecule has 0 spiro atoms. The van der Waals surface area contributed by atoms with Gasteiger partial charge in [-0.05, 0) is 63.5 Å². The first kappa shape index (κ1) is 43.7. The first-order valence-electron chi connectivity index (χ1n) is 21.1. The van der Waals surface area contributed by atoms with Crippen molar-refractivity contribution in [1.82, 2.24) is 4.57 Å². The summed E-state index contributed by atoms with van der Waals surface area (Å²) < 4.78 is 45.6. The van der Waals surface area contributed by atoms with Crippen LogP contribution in [0.5, 0.6) is 0 Å². The monoisotopic (exact) mass is 815 g/mol. The number of ketones is 1. The molecule has 0 atom stereocenters. The number of carbonyl (C=O) groups is 1. The second-order valence-electron chi connectivity index (χ2n) is 15.2. The quantitative estimate of drug-likeness (QED) is 0.0623. The number of fused-ring (bicyclic) bond motifs is 2. The van der Waals surface area contributed by atoms with Crippen molar-refractivity contribution >= 4 is 57.5 Å². The molecule has 0 amide bonds. The van der Waals surface area contributed by atoms with Gasteiger partial charge in [-0.1, -0.05) is 121 Å². The predicted octanol–water partition coefficient (Wildman–Crippen LogP) is 13.5. The van der Waals surface area contributed by atoms with Crippen molar-refractivity contribution in [3.63, 3.8) is 0 Å². The minimum atomic E-state index is -4.49. The van der Waals surface area contributed by atoms with Gasteiger partial charge in [-0.15, -0.1) is 0 Å². The van der Waals surface area contributed by atoms with Gasteiger partial charge < -0.3 is 14.9 Å². The third-order valence-corrected chi connectivity index (χ3v) is 12.0. The van der Waals surface area contributed by atoms with Gasteiger partial charge in [-0.3, -0.25) is 4.79 Å². The Balaban J connectivity index is 1.46. The molecule has 0 unspecified atom stereocenters. The predicted molar refractivity (Wildman–Crippen MR) is 226 cm³/mol. The number of carbonyl (C=O) groups excluding carboxylic acids is 1. The van der Waals surface area contributed by atoms with E-state index in [-0.39, 0.29) is 22.7 Å². The van der Waals surface area contributed by atoms with Crippen LogP contribution in [0.25, 0.3) is 17.1 Å². The van der Waals surface area contributed by atoms with Crippen LogP contribution in [0.1, 0.15) is 142 Å². The minimum Gasteiger partial charge on any atom is -0.506 e. The molecule has 0 radical (unpaired) electrons. The average Bonchev–Trinajstić information content (AvgIpc) is 3.63. The van der Waals surface area contributed by atoms with Gasteiger partial charge >= 0.3 is 6.18 Å². The molecule has 1 aliphatic heterocycles. The van der Waals surface area contributed by atoms with Crippen LogP contribution in [0.2, 0.25) is 10.0 Å². The number of nitrogens with zero attached hydrogens (tertiary/aromatic N) is 4. The fourth-order valence-corrected chi connectivity index (χ4v) is 8.43. The molecule has 0 saturated heterocycles. The van der Waals surface area contributed by atoms with Crippen LogP contribution in [-0.2, 0) is 24.1 Å². The van der Waals surface area contributed by atoms with E-state index in [2.05, 4.69) is 23.6 Å². The van der Waals surface area contributed by atoms with Gasteiger partial charge in [0.2, 0.25) is 5.78 Å². The van der Waals surface area contributed by atoms with E-state index in [0.29, 0.717) is 53.1 Å². The lowest BCUT2D eigenvalue weighted by Gasteiger charge is -2.27. The number of anilines is 2. The first-order chi connectivity index (χ1) is 27.0. The Kier molecular flexibility index (Phi) is 15.8. The zero-order valence-electron chi connectivity index (χ0n) is 33.7. The Morgan fingerprint density at radius 3 is 1.77 bits per heavy atom. The molecule has 5 rings (SSSR count). The molecule has 3 aromatic rings. The van der Waals surface area contributed by atoms with Crippen LogP contribution in [0.15, 0.2) is 59.1 Å². The van der Waals surface area contributed by atoms with Crippen LogP contribution in [0.3, 0.4) is 0 Å². The highest BCUT2D eigenvalue weighted by molar-refractivity contribution is 6.42. The van der Waals surface area contributed by atoms with Crippen LogP contribution in [-0.4, -0.2) is 28.5 Å². The van der Waals surface area contributed by atoms with Crippen molar-refractivity contribution in [3.8, 4) is 0 Å². The molecule has 0 fully saturated rings. The average molecular weight is 817 g/mol. The molecular formula is C45H60Cl2F3N4O2+. The van der Waals surface area contributed by atoms with Gasteiger partial charge in [0, 0.05) is 25.2 Å². The summed E-state index contributed by atoms with van der Waals surface area (Å²) in [6.07, 6.45) is 17.1. The van der Waals surface area contributed by atoms with Gasteiger partial charge in [0.05, 0.1) is 51.2 Å². The maximum atomic E-state index is 14.0. The molecule has 2 heterocycles. The number of imidazole rings is 1. The van der Waals surface area contributed by atoms with Gasteiger partial charge in [0.1, 0.15) is 11.6 Å². The third kappa shape index (κ3) is 9.98. The minimum absolute atomic E-state index is 0.125. The van der Waals surface area contributed by atoms with E-state index < -0.39 is 11.7 Å². The van der Waals surface area contributed by atoms with Crippen LogP contribution < -0.4 is 14.4 Å². The number of aromatic nitrogens is 2. The normalized spacial score (nSPS) is 16.0. The Morgan fingerprint density at radius 2 is 1.25 bits per heavy atom. The zero-order valence-corrected chi connectivity index (χ0v) is 35.2. The summed E-state index contributed by atoms with van der Waals surface area (Å²) in [6, 6.07) is 7.55. The SMILES string of the molecule is CCCCCCCCCCN1/C(=C\C2=C(O)C(=Cc3n(CCCCCCCCCC)c4cc(C(F)(F)F)ccc4[n+]3CC)C2=O)N(CC)c2cc(Cl)c(Cl)cc21. The number of aliphatic hydroxyl groups is 1. The fraction of sp³-hybridized carbons (Fsp3) is 0.556. The van der Waals surface area contributed by atoms with E-state index in [0.717, 1.165) is 68.2 Å². The maximum Gasteiger partial charge on any atom is 0.416 e. The summed E-state index contributed by atoms with van der Waals surface area (Å²) in [6.45, 7) is 10.7. The number of rotatable bonds is 22. The topological polar surface area (TPSA) is 52.6 Å². The van der Waals surface area contributed by atoms with Crippen LogP contribution >= 0.6 is 23.2 Å². The van der Waals surface area contributed by atoms with E-state index in [1.165, 1.54) is 69.9 Å². The highest BCUT2D eigenvalue weighted by atomic mass is 35.5. The number of benzene rings is 2. The molecule has 0 saturated carbocycles. The van der Waals surface area contributed by atoms with Gasteiger partial charge in [-0.2, -0.15) is 13.2 Å². The van der Waals surface area contributed by atoms with E-state index in [9.17, 15) is 23.1 Å². The number of hydrogen-bond donors (Lipinski definition) is 1. The standard InChI is InChI=1S/C45H59Cl2F3N4O2/c1-5-9-11-13-15-17-19-21-25-53-38-27-32(45(48,49)50)23-24-37(38)51(7-3)41(53)28-33-43(55)34(44(33)56)29-42-52(8-4)39-30-35(46)36(47)31-40(39)54(42)26-22-20-18-16-14-12-10-6-2/h23-24,27-31H,5-22,25-26H2,1-4H3/p+1. The number of unbranched alkanes of at least 4 members (excludes halogenated alkanes) is 14. The smallest absolute Gasteiger partial charge is 0.416 e. The molecule has 56 heavy (non-hydrogen) atoms. The van der Waals surface area contributed by atoms with Gasteiger partial charge in [-0.25, -0.2) is 9.13 Å². The number of aliphatic hydroxyl groups excluding tert-OH is 1. The van der Waals surface area contributed by atoms with Crippen molar-refractivity contribution < 1.29 is 27.6 Å². The summed E-state index contributed by atoms with van der Waals surface area (Å²) in [5.41, 5.74) is 2.55. The second kappa shape index (κ2) is 20.3. The van der Waals surface area contributed by atoms with Gasteiger partial charge in [0.15, 0.2) is 11.0 Å². The van der Waals surface area contributed by atoms with E-state index in [4.69, 9.17) is 23.2 Å². The molecule has 6 nitrogen and oxygen atoms in total. The van der Waals surface area contributed by atoms with Crippen LogP contribution in [0.4, 0.5) is 24.5 Å². The van der Waals surface area contributed by atoms with E-state index >= 15 is 0 Å². The van der Waals surface area contributed by atoms with E-state index in [1.54, 1.807) is 12.2 Å². The van der Waals surface area contributed by atoms with Gasteiger partial charge in [0.25, 0.3) is 5.82 Å². The van der Waals surface area contributed by atoms with Crippen molar-refractivity contribution in [2.24, 2.45) is 0 Å². The highest BCUT2D eigenvalue weighted by Gasteiger charge is 2.39. The Bertz CT molecular complexity index is 1930. The third-order valence-electron chi connectivity index (χ3n) is 11.2. The number of Topliss-reactive ketones (excluding diaryl/α,β-unsaturated/α-hetero) is 1. The number of hydrogen-bond acceptors (Lipinski definition) is 4. The number of aryl methyl sites for hydroxylation is 2. The molecule has 306 valence electrons. The van der Waals surface area contributed by atoms with Crippen molar-refractivity contribution in [2.45, 2.75) is 150 Å². The molecule has 1 N–H and O–H groups in total. The molecule has 11 heteroatoms. The summed E-state index contributed by atoms with van der Waals surface area (Å²) in [5, 5.41) is 12.5. The van der Waals surface area contributed by atoms with E-state index in [1.807, 2.05) is 35.1 Å². The molecule has 2 aliphatic rings. The lowest BCUT2D eigenvalue weighted by atomic mass is 9.87. The lowest BCUT2D eigenvalue weighted by Crippen LogP contribution is -2.36. The molecule has 1 aliphatic carbocycles. The maximum absolute atomic E-state index is 14.0. The molecule has 1 aromatic heterocycles. The van der Waals surface area contributed by atoms with Crippen molar-refractivity contribution in [2.75, 3.05) is 22.9 Å². The fourth-order valence-electron chi connectivity index (χ4n) is 8.11. The number of allylic oxidation sites excluding steroid dienone is 3. The highest BCUT2D eigenvalue weighted by Crippen LogP contribution is 2.47. The lowest BCUT2D eigenvalue weighted by molar-refractivity contribution is -0.670. The summed E-state index contributed by atoms with van der Waals surface area (Å²) in [4.78, 5) is 18.2. The summed E-state index contributed by atoms with van der Waals surface area (Å²) in [7, 11) is 0.